The molecule has 0 aromatic carbocycles. The van der Waals surface area contributed by atoms with E-state index in [0.29, 0.717) is 9.39 Å². The number of hydrogen-bond donors (Lipinski definition) is 1. The summed E-state index contributed by atoms with van der Waals surface area (Å²) in [6, 6.07) is 0. The van der Waals surface area contributed by atoms with Gasteiger partial charge in [0.25, 0.3) is 0 Å². The molecule has 1 aromatic heterocycles. The van der Waals surface area contributed by atoms with Gasteiger partial charge in [-0.1, -0.05) is 0 Å². The number of rotatable bonds is 1. The van der Waals surface area contributed by atoms with E-state index in [9.17, 15) is 4.79 Å². The smallest absolute Gasteiger partial charge is 0.359 e. The molecule has 0 aliphatic rings. The van der Waals surface area contributed by atoms with Crippen LogP contribution in [0.15, 0.2) is 6.33 Å². The minimum Gasteiger partial charge on any atom is -0.464 e. The summed E-state index contributed by atoms with van der Waals surface area (Å²) in [6.07, 6.45) is 1.45. The molecule has 0 atom stereocenters. The second-order valence-electron chi connectivity index (χ2n) is 1.56. The van der Waals surface area contributed by atoms with Gasteiger partial charge in [0, 0.05) is 0 Å². The first-order valence-corrected chi connectivity index (χ1v) is 3.60. The van der Waals surface area contributed by atoms with Crippen LogP contribution in [0.2, 0.25) is 0 Å². The molecule has 0 unspecified atom stereocenters. The molecular formula is C5H5IN2O2. The fraction of sp³-hybridized carbons (Fsp3) is 0.200. The van der Waals surface area contributed by atoms with E-state index in [-0.39, 0.29) is 0 Å². The van der Waals surface area contributed by atoms with Crippen LogP contribution in [0.25, 0.3) is 0 Å². The third kappa shape index (κ3) is 1.28. The van der Waals surface area contributed by atoms with Crippen molar-refractivity contribution in [3.63, 3.8) is 0 Å². The standard InChI is InChI=1S/C5H5IN2O2/c1-10-5(9)3-4(6)8-2-7-3/h2H,1H3,(H,7,8). The van der Waals surface area contributed by atoms with Gasteiger partial charge in [-0.05, 0) is 22.6 Å². The molecule has 10 heavy (non-hydrogen) atoms. The first-order chi connectivity index (χ1) is 4.75. The van der Waals surface area contributed by atoms with E-state index in [1.54, 1.807) is 0 Å². The summed E-state index contributed by atoms with van der Waals surface area (Å²) in [5.41, 5.74) is 0.336. The van der Waals surface area contributed by atoms with E-state index in [0.717, 1.165) is 0 Å². The van der Waals surface area contributed by atoms with Crippen LogP contribution in [0, 0.1) is 3.70 Å². The fourth-order valence-corrected chi connectivity index (χ4v) is 1.02. The molecule has 1 rings (SSSR count). The van der Waals surface area contributed by atoms with Crippen molar-refractivity contribution in [1.82, 2.24) is 9.97 Å². The number of imidazole rings is 1. The van der Waals surface area contributed by atoms with Crippen LogP contribution in [0.4, 0.5) is 0 Å². The van der Waals surface area contributed by atoms with E-state index in [1.807, 2.05) is 22.6 Å². The van der Waals surface area contributed by atoms with E-state index in [4.69, 9.17) is 0 Å². The van der Waals surface area contributed by atoms with Crippen LogP contribution in [-0.4, -0.2) is 23.0 Å². The Bertz CT molecular complexity index is 246. The number of carbonyl (C=O) groups is 1. The number of carbonyl (C=O) groups excluding carboxylic acids is 1. The Morgan fingerprint density at radius 2 is 2.60 bits per heavy atom. The Labute approximate surface area is 71.1 Å². The van der Waals surface area contributed by atoms with Crippen molar-refractivity contribution in [2.24, 2.45) is 0 Å². The van der Waals surface area contributed by atoms with Gasteiger partial charge in [0.1, 0.15) is 3.70 Å². The molecule has 0 saturated carbocycles. The van der Waals surface area contributed by atoms with E-state index < -0.39 is 5.97 Å². The van der Waals surface area contributed by atoms with Gasteiger partial charge >= 0.3 is 5.97 Å². The second kappa shape index (κ2) is 3.00. The Kier molecular flexibility index (Phi) is 2.25. The van der Waals surface area contributed by atoms with Crippen LogP contribution < -0.4 is 0 Å². The minimum absolute atomic E-state index is 0.336. The molecule has 4 nitrogen and oxygen atoms in total. The molecule has 5 heteroatoms. The topological polar surface area (TPSA) is 55.0 Å². The first-order valence-electron chi connectivity index (χ1n) is 2.53. The molecule has 0 spiro atoms. The maximum Gasteiger partial charge on any atom is 0.359 e. The molecule has 1 heterocycles. The molecule has 54 valence electrons. The average molecular weight is 252 g/mol. The highest BCUT2D eigenvalue weighted by Gasteiger charge is 2.11. The number of nitrogens with zero attached hydrogens (tertiary/aromatic N) is 1. The Morgan fingerprint density at radius 3 is 3.00 bits per heavy atom. The van der Waals surface area contributed by atoms with Crippen molar-refractivity contribution in [3.8, 4) is 0 Å². The zero-order valence-corrected chi connectivity index (χ0v) is 7.38. The summed E-state index contributed by atoms with van der Waals surface area (Å²) in [4.78, 5) is 17.3. The number of ether oxygens (including phenoxy) is 1. The Morgan fingerprint density at radius 1 is 1.90 bits per heavy atom. The molecule has 0 aliphatic carbocycles. The number of halogens is 1. The summed E-state index contributed by atoms with van der Waals surface area (Å²) in [5, 5.41) is 0. The first kappa shape index (κ1) is 7.52. The zero-order valence-electron chi connectivity index (χ0n) is 5.22. The summed E-state index contributed by atoms with van der Waals surface area (Å²) < 4.78 is 5.15. The summed E-state index contributed by atoms with van der Waals surface area (Å²) in [6.45, 7) is 0. The lowest BCUT2D eigenvalue weighted by Gasteiger charge is -1.92. The number of methoxy groups -OCH3 is 1. The molecule has 0 radical (unpaired) electrons. The van der Waals surface area contributed by atoms with Gasteiger partial charge in [-0.3, -0.25) is 0 Å². The lowest BCUT2D eigenvalue weighted by Crippen LogP contribution is -2.03. The van der Waals surface area contributed by atoms with Crippen molar-refractivity contribution in [2.75, 3.05) is 7.11 Å². The highest BCUT2D eigenvalue weighted by atomic mass is 127. The molecule has 1 aromatic rings. The van der Waals surface area contributed by atoms with E-state index in [1.165, 1.54) is 13.4 Å². The van der Waals surface area contributed by atoms with E-state index in [2.05, 4.69) is 14.7 Å². The van der Waals surface area contributed by atoms with Gasteiger partial charge in [0.05, 0.1) is 13.4 Å². The monoisotopic (exact) mass is 252 g/mol. The van der Waals surface area contributed by atoms with Crippen LogP contribution in [0.1, 0.15) is 10.5 Å². The summed E-state index contributed by atoms with van der Waals surface area (Å²) in [7, 11) is 1.33. The van der Waals surface area contributed by atoms with Crippen LogP contribution >= 0.6 is 22.6 Å². The molecule has 0 bridgehead atoms. The number of H-pyrrole nitrogens is 1. The Hall–Kier alpha value is -0.590. The maximum absolute atomic E-state index is 10.8. The number of hydrogen-bond acceptors (Lipinski definition) is 3. The van der Waals surface area contributed by atoms with Gasteiger partial charge in [0.2, 0.25) is 0 Å². The number of aromatic nitrogens is 2. The SMILES string of the molecule is COC(=O)c1nc[nH]c1I. The predicted octanol–water partition coefficient (Wildman–Crippen LogP) is 0.801. The molecule has 1 N–H and O–H groups in total. The zero-order chi connectivity index (χ0) is 7.56. The van der Waals surface area contributed by atoms with Gasteiger partial charge < -0.3 is 9.72 Å². The highest BCUT2D eigenvalue weighted by Crippen LogP contribution is 2.06. The molecule has 0 aliphatic heterocycles. The van der Waals surface area contributed by atoms with Gasteiger partial charge in [-0.2, -0.15) is 0 Å². The fourth-order valence-electron chi connectivity index (χ4n) is 0.518. The van der Waals surface area contributed by atoms with Crippen molar-refractivity contribution < 1.29 is 9.53 Å². The Balaban J connectivity index is 2.93. The molecular weight excluding hydrogens is 247 g/mol. The van der Waals surface area contributed by atoms with Crippen LogP contribution in [0.5, 0.6) is 0 Å². The summed E-state index contributed by atoms with van der Waals surface area (Å²) >= 11 is 1.98. The van der Waals surface area contributed by atoms with Crippen molar-refractivity contribution in [3.05, 3.63) is 15.7 Å². The third-order valence-corrected chi connectivity index (χ3v) is 1.79. The third-order valence-electron chi connectivity index (χ3n) is 0.972. The molecule has 0 fully saturated rings. The van der Waals surface area contributed by atoms with Gasteiger partial charge in [-0.25, -0.2) is 9.78 Å². The van der Waals surface area contributed by atoms with E-state index >= 15 is 0 Å². The van der Waals surface area contributed by atoms with Crippen molar-refractivity contribution in [1.29, 1.82) is 0 Å². The quantitative estimate of drug-likeness (QED) is 0.594. The highest BCUT2D eigenvalue weighted by molar-refractivity contribution is 14.1. The summed E-state index contributed by atoms with van der Waals surface area (Å²) in [5.74, 6) is -0.411. The minimum atomic E-state index is -0.411. The number of nitrogens with one attached hydrogen (secondary N) is 1. The lowest BCUT2D eigenvalue weighted by atomic mass is 10.5. The number of esters is 1. The maximum atomic E-state index is 10.8. The van der Waals surface area contributed by atoms with Gasteiger partial charge in [0.15, 0.2) is 5.69 Å². The normalized spacial score (nSPS) is 9.40. The van der Waals surface area contributed by atoms with Crippen LogP contribution in [-0.2, 0) is 4.74 Å². The lowest BCUT2D eigenvalue weighted by molar-refractivity contribution is 0.0593. The van der Waals surface area contributed by atoms with Gasteiger partial charge in [-0.15, -0.1) is 0 Å². The number of aromatic amines is 1. The molecule has 0 saturated heterocycles. The van der Waals surface area contributed by atoms with Crippen molar-refractivity contribution >= 4 is 28.6 Å². The van der Waals surface area contributed by atoms with Crippen molar-refractivity contribution in [2.45, 2.75) is 0 Å². The largest absolute Gasteiger partial charge is 0.464 e. The average Bonchev–Trinajstić information content (AvgIpc) is 2.34. The predicted molar refractivity (Wildman–Crippen MR) is 42.6 cm³/mol. The molecule has 0 amide bonds. The van der Waals surface area contributed by atoms with Crippen LogP contribution in [0.3, 0.4) is 0 Å². The second-order valence-corrected chi connectivity index (χ2v) is 2.64.